The summed E-state index contributed by atoms with van der Waals surface area (Å²) in [7, 11) is 0. The topological polar surface area (TPSA) is 58.6 Å². The predicted octanol–water partition coefficient (Wildman–Crippen LogP) is 1.65. The number of carboxylic acids is 1. The van der Waals surface area contributed by atoms with Crippen LogP contribution in [0.1, 0.15) is 39.0 Å². The van der Waals surface area contributed by atoms with Crippen molar-refractivity contribution in [3.63, 3.8) is 0 Å². The monoisotopic (exact) mass is 229 g/mol. The second kappa shape index (κ2) is 7.63. The van der Waals surface area contributed by atoms with E-state index in [0.717, 1.165) is 51.9 Å². The molecule has 16 heavy (non-hydrogen) atoms. The summed E-state index contributed by atoms with van der Waals surface area (Å²) in [6.45, 7) is 4.47. The zero-order chi connectivity index (χ0) is 11.8. The summed E-state index contributed by atoms with van der Waals surface area (Å²) in [5, 5.41) is 12.2. The Bertz CT molecular complexity index is 202. The zero-order valence-electron chi connectivity index (χ0n) is 10.1. The van der Waals surface area contributed by atoms with Crippen LogP contribution in [0, 0.1) is 5.92 Å². The van der Waals surface area contributed by atoms with Gasteiger partial charge in [-0.3, -0.25) is 4.79 Å². The van der Waals surface area contributed by atoms with Gasteiger partial charge in [0.1, 0.15) is 6.04 Å². The van der Waals surface area contributed by atoms with E-state index in [1.54, 1.807) is 0 Å². The van der Waals surface area contributed by atoms with E-state index >= 15 is 0 Å². The first-order valence-corrected chi connectivity index (χ1v) is 6.28. The maximum Gasteiger partial charge on any atom is 0.320 e. The number of nitrogens with one attached hydrogen (secondary N) is 1. The summed E-state index contributed by atoms with van der Waals surface area (Å²) in [6.07, 6.45) is 4.97. The van der Waals surface area contributed by atoms with Gasteiger partial charge in [0, 0.05) is 13.2 Å². The number of ether oxygens (including phenoxy) is 1. The van der Waals surface area contributed by atoms with Gasteiger partial charge in [0.15, 0.2) is 0 Å². The van der Waals surface area contributed by atoms with Crippen LogP contribution in [0.5, 0.6) is 0 Å². The van der Waals surface area contributed by atoms with Gasteiger partial charge in [0.2, 0.25) is 0 Å². The lowest BCUT2D eigenvalue weighted by Gasteiger charge is -2.24. The van der Waals surface area contributed by atoms with Crippen molar-refractivity contribution in [2.24, 2.45) is 5.92 Å². The largest absolute Gasteiger partial charge is 0.480 e. The van der Waals surface area contributed by atoms with Crippen LogP contribution in [0.15, 0.2) is 0 Å². The van der Waals surface area contributed by atoms with E-state index in [-0.39, 0.29) is 6.04 Å². The number of carboxylic acid groups (broad SMARTS) is 1. The highest BCUT2D eigenvalue weighted by molar-refractivity contribution is 5.73. The molecule has 0 aromatic heterocycles. The van der Waals surface area contributed by atoms with Crippen molar-refractivity contribution in [2.75, 3.05) is 19.8 Å². The fourth-order valence-corrected chi connectivity index (χ4v) is 2.00. The van der Waals surface area contributed by atoms with Crippen molar-refractivity contribution in [1.82, 2.24) is 5.32 Å². The third kappa shape index (κ3) is 4.94. The maximum atomic E-state index is 11.0. The SMILES string of the molecule is CCCCC(NCC1CCCOC1)C(=O)O. The van der Waals surface area contributed by atoms with Crippen LogP contribution in [0.4, 0.5) is 0 Å². The van der Waals surface area contributed by atoms with E-state index in [1.165, 1.54) is 0 Å². The molecule has 1 aliphatic heterocycles. The van der Waals surface area contributed by atoms with Gasteiger partial charge in [0.25, 0.3) is 0 Å². The van der Waals surface area contributed by atoms with Gasteiger partial charge in [-0.2, -0.15) is 0 Å². The molecule has 0 aliphatic carbocycles. The van der Waals surface area contributed by atoms with E-state index < -0.39 is 5.97 Å². The molecule has 1 aliphatic rings. The number of rotatable bonds is 7. The molecule has 94 valence electrons. The molecule has 1 saturated heterocycles. The zero-order valence-corrected chi connectivity index (χ0v) is 10.1. The molecule has 0 aromatic carbocycles. The fraction of sp³-hybridized carbons (Fsp3) is 0.917. The highest BCUT2D eigenvalue weighted by Gasteiger charge is 2.19. The molecule has 1 rings (SSSR count). The van der Waals surface area contributed by atoms with Crippen molar-refractivity contribution in [2.45, 2.75) is 45.1 Å². The van der Waals surface area contributed by atoms with Crippen LogP contribution in [-0.2, 0) is 9.53 Å². The molecular weight excluding hydrogens is 206 g/mol. The molecule has 2 atom stereocenters. The summed E-state index contributed by atoms with van der Waals surface area (Å²) >= 11 is 0. The van der Waals surface area contributed by atoms with Crippen molar-refractivity contribution < 1.29 is 14.6 Å². The molecule has 1 heterocycles. The lowest BCUT2D eigenvalue weighted by molar-refractivity contribution is -0.139. The first-order chi connectivity index (χ1) is 7.74. The Morgan fingerprint density at radius 2 is 2.44 bits per heavy atom. The van der Waals surface area contributed by atoms with E-state index in [4.69, 9.17) is 9.84 Å². The molecule has 1 fully saturated rings. The first-order valence-electron chi connectivity index (χ1n) is 6.28. The van der Waals surface area contributed by atoms with Crippen molar-refractivity contribution in [1.29, 1.82) is 0 Å². The summed E-state index contributed by atoms with van der Waals surface area (Å²) in [5.74, 6) is -0.248. The summed E-state index contributed by atoms with van der Waals surface area (Å²) < 4.78 is 5.37. The predicted molar refractivity (Wildman–Crippen MR) is 62.5 cm³/mol. The van der Waals surface area contributed by atoms with Gasteiger partial charge in [-0.25, -0.2) is 0 Å². The van der Waals surface area contributed by atoms with Gasteiger partial charge >= 0.3 is 5.97 Å². The van der Waals surface area contributed by atoms with Crippen molar-refractivity contribution in [3.8, 4) is 0 Å². The van der Waals surface area contributed by atoms with Gasteiger partial charge in [-0.05, 0) is 25.2 Å². The summed E-state index contributed by atoms with van der Waals surface area (Å²) in [5.41, 5.74) is 0. The molecule has 0 amide bonds. The number of aliphatic carboxylic acids is 1. The third-order valence-corrected chi connectivity index (χ3v) is 3.05. The van der Waals surface area contributed by atoms with Crippen LogP contribution in [0.25, 0.3) is 0 Å². The Morgan fingerprint density at radius 1 is 1.62 bits per heavy atom. The Balaban J connectivity index is 2.22. The molecule has 0 aromatic rings. The van der Waals surface area contributed by atoms with Crippen LogP contribution in [0.2, 0.25) is 0 Å². The van der Waals surface area contributed by atoms with Crippen molar-refractivity contribution in [3.05, 3.63) is 0 Å². The van der Waals surface area contributed by atoms with E-state index in [1.807, 2.05) is 0 Å². The summed E-state index contributed by atoms with van der Waals surface area (Å²) in [4.78, 5) is 11.0. The van der Waals surface area contributed by atoms with E-state index in [9.17, 15) is 4.79 Å². The van der Waals surface area contributed by atoms with Crippen LogP contribution in [0.3, 0.4) is 0 Å². The first kappa shape index (κ1) is 13.5. The standard InChI is InChI=1S/C12H23NO3/c1-2-3-6-11(12(14)15)13-8-10-5-4-7-16-9-10/h10-11,13H,2-9H2,1H3,(H,14,15). The Labute approximate surface area is 97.4 Å². The molecule has 0 spiro atoms. The number of hydrogen-bond acceptors (Lipinski definition) is 3. The van der Waals surface area contributed by atoms with Crippen LogP contribution < -0.4 is 5.32 Å². The minimum absolute atomic E-state index is 0.387. The van der Waals surface area contributed by atoms with Gasteiger partial charge < -0.3 is 15.2 Å². The number of unbranched alkanes of at least 4 members (excludes halogenated alkanes) is 1. The minimum atomic E-state index is -0.731. The fourth-order valence-electron chi connectivity index (χ4n) is 2.00. The molecule has 2 N–H and O–H groups in total. The highest BCUT2D eigenvalue weighted by atomic mass is 16.5. The lowest BCUT2D eigenvalue weighted by atomic mass is 10.0. The Hall–Kier alpha value is -0.610. The third-order valence-electron chi connectivity index (χ3n) is 3.05. The van der Waals surface area contributed by atoms with Crippen LogP contribution in [-0.4, -0.2) is 36.9 Å². The highest BCUT2D eigenvalue weighted by Crippen LogP contribution is 2.13. The molecule has 2 unspecified atom stereocenters. The Morgan fingerprint density at radius 3 is 3.00 bits per heavy atom. The number of carbonyl (C=O) groups is 1. The average molecular weight is 229 g/mol. The van der Waals surface area contributed by atoms with E-state index in [2.05, 4.69) is 12.2 Å². The van der Waals surface area contributed by atoms with Gasteiger partial charge in [-0.1, -0.05) is 19.8 Å². The lowest BCUT2D eigenvalue weighted by Crippen LogP contribution is -2.41. The van der Waals surface area contributed by atoms with Gasteiger partial charge in [-0.15, -0.1) is 0 Å². The quantitative estimate of drug-likeness (QED) is 0.697. The van der Waals surface area contributed by atoms with E-state index in [0.29, 0.717) is 5.92 Å². The molecule has 0 radical (unpaired) electrons. The number of hydrogen-bond donors (Lipinski definition) is 2. The second-order valence-corrected chi connectivity index (χ2v) is 4.52. The normalized spacial score (nSPS) is 22.9. The second-order valence-electron chi connectivity index (χ2n) is 4.52. The van der Waals surface area contributed by atoms with Gasteiger partial charge in [0.05, 0.1) is 6.61 Å². The minimum Gasteiger partial charge on any atom is -0.480 e. The smallest absolute Gasteiger partial charge is 0.320 e. The maximum absolute atomic E-state index is 11.0. The Kier molecular flexibility index (Phi) is 6.42. The van der Waals surface area contributed by atoms with Crippen molar-refractivity contribution >= 4 is 5.97 Å². The van der Waals surface area contributed by atoms with Crippen LogP contribution >= 0.6 is 0 Å². The average Bonchev–Trinajstić information content (AvgIpc) is 2.30. The molecular formula is C12H23NO3. The molecule has 4 heteroatoms. The summed E-state index contributed by atoms with van der Waals surface area (Å²) in [6, 6.07) is -0.387. The molecule has 0 saturated carbocycles. The molecule has 0 bridgehead atoms. The molecule has 4 nitrogen and oxygen atoms in total.